The molecule has 1 aliphatic carbocycles. The number of rotatable bonds is 6. The van der Waals surface area contributed by atoms with E-state index < -0.39 is 24.7 Å². The predicted molar refractivity (Wildman–Crippen MR) is 129 cm³/mol. The average Bonchev–Trinajstić information content (AvgIpc) is 2.47. The Bertz CT molecular complexity index is 568. The van der Waals surface area contributed by atoms with Gasteiger partial charge in [-0.15, -0.1) is 0 Å². The minimum absolute atomic E-state index is 0.975. The molecule has 0 atom stereocenters. The first-order valence-corrected chi connectivity index (χ1v) is 20.3. The summed E-state index contributed by atoms with van der Waals surface area (Å²) in [7, 11) is 1.81. The fourth-order valence-corrected chi connectivity index (χ4v) is 3.34. The van der Waals surface area contributed by atoms with Gasteiger partial charge in [0.05, 0.1) is 11.4 Å². The van der Waals surface area contributed by atoms with Gasteiger partial charge in [0.1, 0.15) is 5.71 Å². The summed E-state index contributed by atoms with van der Waals surface area (Å²) in [5.74, 6) is 0. The maximum Gasteiger partial charge on any atom is 0.169 e. The number of hydrogen-bond donors (Lipinski definition) is 0. The van der Waals surface area contributed by atoms with Crippen molar-refractivity contribution in [1.29, 1.82) is 0 Å². The molecule has 0 spiro atoms. The van der Waals surface area contributed by atoms with E-state index in [9.17, 15) is 0 Å². The summed E-state index contributed by atoms with van der Waals surface area (Å²) >= 11 is 0. The summed E-state index contributed by atoms with van der Waals surface area (Å²) in [6.07, 6.45) is 3.04. The molecule has 0 saturated heterocycles. The molecular weight excluding hydrogens is 384 g/mol. The Morgan fingerprint density at radius 1 is 0.556 bits per heavy atom. The Labute approximate surface area is 170 Å². The summed E-state index contributed by atoms with van der Waals surface area (Å²) in [6.45, 7) is 20.9. The molecule has 1 rings (SSSR count). The molecule has 0 heterocycles. The van der Waals surface area contributed by atoms with E-state index in [4.69, 9.17) is 15.3 Å². The van der Waals surface area contributed by atoms with Gasteiger partial charge in [-0.1, -0.05) is 58.9 Å². The Morgan fingerprint density at radius 2 is 0.852 bits per heavy atom. The zero-order chi connectivity index (χ0) is 21.2. The van der Waals surface area contributed by atoms with Gasteiger partial charge in [-0.3, -0.25) is 0 Å². The van der Waals surface area contributed by atoms with Gasteiger partial charge in [-0.05, 0) is 19.3 Å². The lowest BCUT2D eigenvalue weighted by atomic mass is 9.94. The second-order valence-electron chi connectivity index (χ2n) is 10.5. The minimum atomic E-state index is -1.53. The van der Waals surface area contributed by atoms with Crippen molar-refractivity contribution in [2.24, 2.45) is 15.3 Å². The lowest BCUT2D eigenvalue weighted by molar-refractivity contribution is 0.536. The highest BCUT2D eigenvalue weighted by Gasteiger charge is 2.29. The topological polar surface area (TPSA) is 46.8 Å². The third-order valence-corrected chi connectivity index (χ3v) is 11.2. The highest BCUT2D eigenvalue weighted by molar-refractivity contribution is 6.76. The van der Waals surface area contributed by atoms with Crippen LogP contribution in [-0.4, -0.2) is 77.0 Å². The van der Waals surface area contributed by atoms with Gasteiger partial charge in [0, 0.05) is 21.1 Å². The molecule has 0 N–H and O–H groups in total. The van der Waals surface area contributed by atoms with Crippen molar-refractivity contribution in [3.05, 3.63) is 0 Å². The van der Waals surface area contributed by atoms with Gasteiger partial charge < -0.3 is 14.0 Å². The van der Waals surface area contributed by atoms with Crippen LogP contribution in [0.2, 0.25) is 58.9 Å². The Hall–Kier alpha value is -0.939. The smallest absolute Gasteiger partial charge is 0.169 e. The van der Waals surface area contributed by atoms with Crippen LogP contribution in [0.4, 0.5) is 0 Å². The van der Waals surface area contributed by atoms with E-state index in [1.807, 2.05) is 0 Å². The third kappa shape index (κ3) is 7.19. The third-order valence-electron chi connectivity index (χ3n) is 5.08. The first kappa shape index (κ1) is 24.1. The van der Waals surface area contributed by atoms with E-state index in [1.165, 1.54) is 0 Å². The molecule has 0 radical (unpaired) electrons. The molecule has 0 aromatic rings. The van der Waals surface area contributed by atoms with Crippen molar-refractivity contribution < 1.29 is 0 Å². The van der Waals surface area contributed by atoms with Gasteiger partial charge in [-0.25, -0.2) is 0 Å². The van der Waals surface area contributed by atoms with Crippen molar-refractivity contribution in [1.82, 2.24) is 14.0 Å². The van der Waals surface area contributed by atoms with Gasteiger partial charge in [0.25, 0.3) is 0 Å². The van der Waals surface area contributed by atoms with E-state index in [-0.39, 0.29) is 0 Å². The molecule has 9 heteroatoms. The maximum absolute atomic E-state index is 5.07. The van der Waals surface area contributed by atoms with Crippen LogP contribution in [0.1, 0.15) is 19.3 Å². The summed E-state index contributed by atoms with van der Waals surface area (Å²) in [4.78, 5) is 0. The van der Waals surface area contributed by atoms with Crippen LogP contribution in [0.5, 0.6) is 0 Å². The Kier molecular flexibility index (Phi) is 7.68. The lowest BCUT2D eigenvalue weighted by Gasteiger charge is -2.33. The molecule has 6 nitrogen and oxygen atoms in total. The van der Waals surface area contributed by atoms with Crippen molar-refractivity contribution in [3.8, 4) is 0 Å². The predicted octanol–water partition coefficient (Wildman–Crippen LogP) is 4.54. The van der Waals surface area contributed by atoms with Crippen LogP contribution in [0.3, 0.4) is 0 Å². The summed E-state index contributed by atoms with van der Waals surface area (Å²) in [5.41, 5.74) is 3.19. The van der Waals surface area contributed by atoms with Gasteiger partial charge >= 0.3 is 0 Å². The van der Waals surface area contributed by atoms with Crippen LogP contribution in [-0.2, 0) is 0 Å². The fourth-order valence-electron chi connectivity index (χ4n) is 2.10. The van der Waals surface area contributed by atoms with E-state index in [2.05, 4.69) is 94.1 Å². The SMILES string of the molecule is CN(/N=C1/CCCC(=N\N(C)[Si](C)(C)C)/C1=N\N(C)[Si](C)(C)C)[Si](C)(C)C. The number of nitrogens with zero attached hydrogens (tertiary/aromatic N) is 6. The molecule has 1 saturated carbocycles. The average molecular weight is 427 g/mol. The quantitative estimate of drug-likeness (QED) is 0.463. The van der Waals surface area contributed by atoms with Crippen LogP contribution in [0.25, 0.3) is 0 Å². The van der Waals surface area contributed by atoms with Crippen molar-refractivity contribution >= 4 is 41.8 Å². The van der Waals surface area contributed by atoms with Crippen molar-refractivity contribution in [2.75, 3.05) is 21.1 Å². The first-order valence-electron chi connectivity index (χ1n) is 9.99. The molecule has 0 aromatic heterocycles. The van der Waals surface area contributed by atoms with Crippen molar-refractivity contribution in [2.45, 2.75) is 78.2 Å². The van der Waals surface area contributed by atoms with Crippen LogP contribution in [0.15, 0.2) is 15.3 Å². The molecular formula is C18H42N6Si3. The molecule has 0 bridgehead atoms. The van der Waals surface area contributed by atoms with E-state index in [1.54, 1.807) is 0 Å². The highest BCUT2D eigenvalue weighted by atomic mass is 28.3. The zero-order valence-corrected chi connectivity index (χ0v) is 22.8. The molecule has 0 aliphatic heterocycles. The standard InChI is InChI=1S/C18H42N6Si3/c1-22(25(4,5)6)19-16-14-13-15-17(20-23(2)26(7,8)9)18(16)21-24(3)27(10,11)12/h13-15H2,1-12H3/b19-16-,20-17+,21-18-. The first-order chi connectivity index (χ1) is 12.0. The second kappa shape index (κ2) is 8.61. The largest absolute Gasteiger partial charge is 0.327 e. The number of hydrogen-bond acceptors (Lipinski definition) is 6. The Morgan fingerprint density at radius 3 is 1.15 bits per heavy atom. The molecule has 0 aromatic carbocycles. The molecule has 1 fully saturated rings. The second-order valence-corrected chi connectivity index (χ2v) is 25.4. The van der Waals surface area contributed by atoms with E-state index in [0.717, 1.165) is 36.4 Å². The molecule has 0 amide bonds. The Balaban J connectivity index is 3.45. The van der Waals surface area contributed by atoms with Gasteiger partial charge in [0.15, 0.2) is 24.7 Å². The van der Waals surface area contributed by atoms with Crippen LogP contribution < -0.4 is 0 Å². The monoisotopic (exact) mass is 426 g/mol. The zero-order valence-electron chi connectivity index (χ0n) is 19.8. The van der Waals surface area contributed by atoms with Gasteiger partial charge in [0.2, 0.25) is 0 Å². The minimum Gasteiger partial charge on any atom is -0.327 e. The van der Waals surface area contributed by atoms with E-state index >= 15 is 0 Å². The fraction of sp³-hybridized carbons (Fsp3) is 0.833. The lowest BCUT2D eigenvalue weighted by Crippen LogP contribution is -2.45. The van der Waals surface area contributed by atoms with E-state index in [0.29, 0.717) is 0 Å². The van der Waals surface area contributed by atoms with Crippen LogP contribution in [0, 0.1) is 0 Å². The molecule has 156 valence electrons. The number of hydrazone groups is 3. The highest BCUT2D eigenvalue weighted by Crippen LogP contribution is 2.19. The molecule has 0 unspecified atom stereocenters. The normalized spacial score (nSPS) is 21.1. The molecule has 27 heavy (non-hydrogen) atoms. The van der Waals surface area contributed by atoms with Gasteiger partial charge in [-0.2, -0.15) is 15.3 Å². The summed E-state index contributed by atoms with van der Waals surface area (Å²) in [6, 6.07) is 0. The maximum atomic E-state index is 5.07. The van der Waals surface area contributed by atoms with Crippen LogP contribution >= 0.6 is 0 Å². The van der Waals surface area contributed by atoms with Crippen molar-refractivity contribution in [3.63, 3.8) is 0 Å². The summed E-state index contributed by atoms with van der Waals surface area (Å²) < 4.78 is 6.57. The summed E-state index contributed by atoms with van der Waals surface area (Å²) in [5, 5.41) is 15.1. The molecule has 1 aliphatic rings.